The predicted molar refractivity (Wildman–Crippen MR) is 151 cm³/mol. The highest BCUT2D eigenvalue weighted by Crippen LogP contribution is 2.45. The second-order valence-electron chi connectivity index (χ2n) is 9.23. The van der Waals surface area contributed by atoms with E-state index in [4.69, 9.17) is 10.5 Å². The van der Waals surface area contributed by atoms with Crippen LogP contribution in [0.25, 0.3) is 33.3 Å². The van der Waals surface area contributed by atoms with E-state index in [9.17, 15) is 14.9 Å². The summed E-state index contributed by atoms with van der Waals surface area (Å²) in [5.41, 5.74) is 11.7. The molecule has 196 valence electrons. The van der Waals surface area contributed by atoms with Crippen LogP contribution < -0.4 is 26.4 Å². The molecule has 2 aromatic heterocycles. The first-order valence-corrected chi connectivity index (χ1v) is 12.3. The van der Waals surface area contributed by atoms with Gasteiger partial charge in [-0.15, -0.1) is 0 Å². The number of carbonyl (C=O) groups excluding carboxylic acids is 2. The first-order valence-electron chi connectivity index (χ1n) is 12.3. The number of aryl methyl sites for hydroxylation is 1. The van der Waals surface area contributed by atoms with Crippen LogP contribution in [0.2, 0.25) is 0 Å². The van der Waals surface area contributed by atoms with Gasteiger partial charge in [-0.25, -0.2) is 9.78 Å². The molecular weight excluding hydrogens is 494 g/mol. The van der Waals surface area contributed by atoms with Gasteiger partial charge in [0.25, 0.3) is 0 Å². The summed E-state index contributed by atoms with van der Waals surface area (Å²) in [7, 11) is 3.40. The van der Waals surface area contributed by atoms with Gasteiger partial charge in [0.15, 0.2) is 0 Å². The first kappa shape index (κ1) is 25.4. The normalized spacial score (nSPS) is 12.4. The predicted octanol–water partition coefficient (Wildman–Crippen LogP) is 4.78. The van der Waals surface area contributed by atoms with E-state index in [0.29, 0.717) is 33.6 Å². The van der Waals surface area contributed by atoms with Crippen molar-refractivity contribution in [1.82, 2.24) is 14.9 Å². The summed E-state index contributed by atoms with van der Waals surface area (Å²) in [5, 5.41) is 19.0. The fourth-order valence-corrected chi connectivity index (χ4v) is 4.64. The van der Waals surface area contributed by atoms with E-state index in [1.807, 2.05) is 35.9 Å². The van der Waals surface area contributed by atoms with Crippen molar-refractivity contribution in [2.24, 2.45) is 7.05 Å². The lowest BCUT2D eigenvalue weighted by atomic mass is 9.97. The second-order valence-corrected chi connectivity index (χ2v) is 9.23. The summed E-state index contributed by atoms with van der Waals surface area (Å²) in [5.74, 6) is 0.435. The molecule has 4 aromatic rings. The quantitative estimate of drug-likeness (QED) is 0.257. The molecule has 1 fully saturated rings. The minimum Gasteiger partial charge on any atom is -0.495 e. The maximum Gasteiger partial charge on any atom is 0.319 e. The summed E-state index contributed by atoms with van der Waals surface area (Å²) in [6.07, 6.45) is 4.63. The van der Waals surface area contributed by atoms with Gasteiger partial charge in [0.05, 0.1) is 35.0 Å². The lowest BCUT2D eigenvalue weighted by molar-refractivity contribution is -0.111. The Bertz CT molecular complexity index is 1660. The van der Waals surface area contributed by atoms with Crippen molar-refractivity contribution < 1.29 is 14.3 Å². The molecule has 39 heavy (non-hydrogen) atoms. The molecule has 3 amide bonds. The molecule has 0 radical (unpaired) electrons. The lowest BCUT2D eigenvalue weighted by Gasteiger charge is -2.14. The van der Waals surface area contributed by atoms with Crippen molar-refractivity contribution in [3.05, 3.63) is 66.9 Å². The number of amides is 3. The fraction of sp³-hybridized carbons (Fsp3) is 0.172. The zero-order chi connectivity index (χ0) is 27.7. The Morgan fingerprint density at radius 3 is 2.54 bits per heavy atom. The number of rotatable bonds is 7. The van der Waals surface area contributed by atoms with Crippen molar-refractivity contribution in [3.63, 3.8) is 0 Å². The molecule has 1 saturated carbocycles. The van der Waals surface area contributed by atoms with Crippen LogP contribution in [0, 0.1) is 11.3 Å². The minimum atomic E-state index is -0.308. The Labute approximate surface area is 225 Å². The number of urea groups is 1. The number of nitrogens with one attached hydrogen (secondary N) is 3. The molecule has 0 atom stereocenters. The van der Waals surface area contributed by atoms with Crippen LogP contribution in [0.1, 0.15) is 18.4 Å². The molecule has 10 heteroatoms. The third-order valence-corrected chi connectivity index (χ3v) is 6.62. The Morgan fingerprint density at radius 1 is 1.18 bits per heavy atom. The van der Waals surface area contributed by atoms with E-state index in [0.717, 1.165) is 35.2 Å². The molecule has 10 nitrogen and oxygen atoms in total. The average Bonchev–Trinajstić information content (AvgIpc) is 3.70. The third kappa shape index (κ3) is 4.85. The van der Waals surface area contributed by atoms with Crippen LogP contribution in [-0.4, -0.2) is 34.6 Å². The van der Waals surface area contributed by atoms with Crippen LogP contribution in [0.3, 0.4) is 0 Å². The van der Waals surface area contributed by atoms with Crippen molar-refractivity contribution in [1.29, 1.82) is 5.26 Å². The number of hydrogen-bond acceptors (Lipinski definition) is 6. The first-order chi connectivity index (χ1) is 18.8. The molecule has 1 aliphatic carbocycles. The van der Waals surface area contributed by atoms with Gasteiger partial charge in [-0.3, -0.25) is 4.79 Å². The van der Waals surface area contributed by atoms with Crippen LogP contribution in [-0.2, 0) is 11.8 Å². The number of methoxy groups -OCH3 is 1. The molecule has 0 saturated heterocycles. The number of nitrogens with zero attached hydrogens (tertiary/aromatic N) is 3. The number of nitrogens with two attached hydrogens (primary N) is 1. The van der Waals surface area contributed by atoms with Gasteiger partial charge in [0.2, 0.25) is 5.91 Å². The number of ether oxygens (including phenoxy) is 1. The minimum absolute atomic E-state index is 0.217. The zero-order valence-corrected chi connectivity index (χ0v) is 21.5. The third-order valence-electron chi connectivity index (χ3n) is 6.62. The summed E-state index contributed by atoms with van der Waals surface area (Å²) < 4.78 is 7.55. The van der Waals surface area contributed by atoms with E-state index < -0.39 is 0 Å². The van der Waals surface area contributed by atoms with Crippen molar-refractivity contribution >= 4 is 40.0 Å². The molecule has 0 unspecified atom stereocenters. The topological polar surface area (TPSA) is 147 Å². The molecule has 5 N–H and O–H groups in total. The number of hydrogen-bond donors (Lipinski definition) is 4. The Balaban J connectivity index is 1.67. The van der Waals surface area contributed by atoms with Crippen LogP contribution in [0.15, 0.2) is 61.3 Å². The van der Waals surface area contributed by atoms with Crippen LogP contribution in [0.5, 0.6) is 5.75 Å². The number of aromatic nitrogens is 2. The van der Waals surface area contributed by atoms with E-state index in [-0.39, 0.29) is 23.8 Å². The number of fused-ring (bicyclic) bond motifs is 1. The highest BCUT2D eigenvalue weighted by atomic mass is 16.5. The van der Waals surface area contributed by atoms with Gasteiger partial charge >= 0.3 is 6.03 Å². The maximum atomic E-state index is 12.4. The largest absolute Gasteiger partial charge is 0.495 e. The number of carbonyl (C=O) groups is 2. The molecule has 0 bridgehead atoms. The zero-order valence-electron chi connectivity index (χ0n) is 21.5. The standard InChI is InChI=1S/C29H27N7O3/c1-4-23(37)33-19-8-5-16(6-9-19)26-24(25-27(36(26)2)18(14-30)15-32-28(25)31)17-7-12-21(22(13-17)39-3)35-29(38)34-20-10-11-20/h4-9,12-13,15,20H,1,10-11H2,2-3H3,(H2,31,32)(H,33,37)(H2,34,35,38). The Hall–Kier alpha value is -5.30. The summed E-state index contributed by atoms with van der Waals surface area (Å²) in [4.78, 5) is 28.4. The number of nitrogen functional groups attached to an aromatic ring is 1. The molecule has 1 aliphatic rings. The highest BCUT2D eigenvalue weighted by Gasteiger charge is 2.25. The van der Waals surface area contributed by atoms with Gasteiger partial charge in [-0.2, -0.15) is 5.26 Å². The van der Waals surface area contributed by atoms with Crippen molar-refractivity contribution in [2.75, 3.05) is 23.5 Å². The molecule has 2 aromatic carbocycles. The van der Waals surface area contributed by atoms with E-state index >= 15 is 0 Å². The highest BCUT2D eigenvalue weighted by molar-refractivity contribution is 6.11. The molecular formula is C29H27N7O3. The number of benzene rings is 2. The van der Waals surface area contributed by atoms with Crippen molar-refractivity contribution in [2.45, 2.75) is 18.9 Å². The monoisotopic (exact) mass is 521 g/mol. The second kappa shape index (κ2) is 10.2. The van der Waals surface area contributed by atoms with Gasteiger partial charge in [-0.1, -0.05) is 24.8 Å². The SMILES string of the molecule is C=CC(=O)Nc1ccc(-c2c(-c3ccc(NC(=O)NC4CC4)c(OC)c3)c3c(N)ncc(C#N)c3n2C)cc1. The fourth-order valence-electron chi connectivity index (χ4n) is 4.64. The van der Waals surface area contributed by atoms with Crippen molar-refractivity contribution in [3.8, 4) is 34.2 Å². The lowest BCUT2D eigenvalue weighted by Crippen LogP contribution is -2.30. The van der Waals surface area contributed by atoms with E-state index in [1.165, 1.54) is 19.4 Å². The van der Waals surface area contributed by atoms with Crippen LogP contribution in [0.4, 0.5) is 22.0 Å². The maximum absolute atomic E-state index is 12.4. The molecule has 0 aliphatic heterocycles. The van der Waals surface area contributed by atoms with Gasteiger partial charge in [0, 0.05) is 30.5 Å². The number of nitriles is 1. The van der Waals surface area contributed by atoms with E-state index in [1.54, 1.807) is 18.2 Å². The van der Waals surface area contributed by atoms with Gasteiger partial charge in [0.1, 0.15) is 17.6 Å². The molecule has 2 heterocycles. The summed E-state index contributed by atoms with van der Waals surface area (Å²) >= 11 is 0. The number of anilines is 3. The van der Waals surface area contributed by atoms with Gasteiger partial charge < -0.3 is 31.0 Å². The van der Waals surface area contributed by atoms with Gasteiger partial charge in [-0.05, 0) is 54.3 Å². The average molecular weight is 522 g/mol. The Morgan fingerprint density at radius 2 is 1.90 bits per heavy atom. The summed E-state index contributed by atoms with van der Waals surface area (Å²) in [6.45, 7) is 3.48. The smallest absolute Gasteiger partial charge is 0.319 e. The summed E-state index contributed by atoms with van der Waals surface area (Å²) in [6, 6.07) is 14.9. The van der Waals surface area contributed by atoms with Crippen LogP contribution >= 0.6 is 0 Å². The van der Waals surface area contributed by atoms with E-state index in [2.05, 4.69) is 33.6 Å². The Kier molecular flexibility index (Phi) is 6.64. The molecule has 0 spiro atoms. The number of pyridine rings is 1. The molecule has 5 rings (SSSR count).